The summed E-state index contributed by atoms with van der Waals surface area (Å²) in [5.74, 6) is 1.14. The quantitative estimate of drug-likeness (QED) is 0.570. The first kappa shape index (κ1) is 22.0. The number of aryl methyl sites for hydroxylation is 4. The Morgan fingerprint density at radius 1 is 1.21 bits per heavy atom. The van der Waals surface area contributed by atoms with Gasteiger partial charge in [0.2, 0.25) is 0 Å². The summed E-state index contributed by atoms with van der Waals surface area (Å²) in [5.41, 5.74) is 6.44. The summed E-state index contributed by atoms with van der Waals surface area (Å²) < 4.78 is 5.65. The molecule has 0 spiro atoms. The lowest BCUT2D eigenvalue weighted by Gasteiger charge is -2.30. The molecule has 29 heavy (non-hydrogen) atoms. The summed E-state index contributed by atoms with van der Waals surface area (Å²) in [6, 6.07) is 4.22. The maximum Gasteiger partial charge on any atom is 0.173 e. The van der Waals surface area contributed by atoms with Gasteiger partial charge in [-0.05, 0) is 79.2 Å². The lowest BCUT2D eigenvalue weighted by atomic mass is 9.74. The molecule has 0 aliphatic heterocycles. The molecule has 4 heteroatoms. The monoisotopic (exact) mass is 414 g/mol. The fourth-order valence-corrected chi connectivity index (χ4v) is 5.77. The molecular formula is C25H34O3S. The molecule has 0 radical (unpaired) electrons. The van der Waals surface area contributed by atoms with E-state index in [0.29, 0.717) is 24.2 Å². The summed E-state index contributed by atoms with van der Waals surface area (Å²) in [6.07, 6.45) is 5.62. The zero-order valence-corrected chi connectivity index (χ0v) is 19.3. The van der Waals surface area contributed by atoms with E-state index in [9.17, 15) is 4.79 Å². The van der Waals surface area contributed by atoms with Gasteiger partial charge in [-0.3, -0.25) is 4.79 Å². The lowest BCUT2D eigenvalue weighted by molar-refractivity contribution is 0.0985. The standard InChI is InChI=1S/C25H34O3S/c1-6-22-20-15-25(4,5)10-9-19(20)24(29-22)21(27)8-7-18-13-16(2)23(17(3)14-18)28-12-11-26/h13-14,26H,6-12,15H2,1-5H3. The van der Waals surface area contributed by atoms with Crippen molar-refractivity contribution in [2.24, 2.45) is 5.41 Å². The lowest BCUT2D eigenvalue weighted by Crippen LogP contribution is -2.22. The minimum Gasteiger partial charge on any atom is -0.491 e. The van der Waals surface area contributed by atoms with Crippen molar-refractivity contribution in [3.63, 3.8) is 0 Å². The van der Waals surface area contributed by atoms with E-state index >= 15 is 0 Å². The van der Waals surface area contributed by atoms with Crippen LogP contribution in [0.2, 0.25) is 0 Å². The van der Waals surface area contributed by atoms with E-state index in [1.54, 1.807) is 11.3 Å². The number of ether oxygens (including phenoxy) is 1. The second-order valence-electron chi connectivity index (χ2n) is 9.06. The molecule has 1 N–H and O–H groups in total. The van der Waals surface area contributed by atoms with Gasteiger partial charge >= 0.3 is 0 Å². The van der Waals surface area contributed by atoms with Crippen LogP contribution in [0.4, 0.5) is 0 Å². The molecule has 3 nitrogen and oxygen atoms in total. The van der Waals surface area contributed by atoms with Gasteiger partial charge in [0.1, 0.15) is 12.4 Å². The Kier molecular flexibility index (Phi) is 6.85. The van der Waals surface area contributed by atoms with Crippen molar-refractivity contribution >= 4 is 17.1 Å². The number of hydrogen-bond donors (Lipinski definition) is 1. The highest BCUT2D eigenvalue weighted by atomic mass is 32.1. The molecule has 0 amide bonds. The van der Waals surface area contributed by atoms with Gasteiger partial charge in [0, 0.05) is 11.3 Å². The average molecular weight is 415 g/mol. The van der Waals surface area contributed by atoms with Crippen LogP contribution in [0.25, 0.3) is 0 Å². The Bertz CT molecular complexity index is 869. The highest BCUT2D eigenvalue weighted by Gasteiger charge is 2.31. The maximum atomic E-state index is 13.1. The van der Waals surface area contributed by atoms with Gasteiger partial charge in [-0.15, -0.1) is 11.3 Å². The second kappa shape index (κ2) is 9.01. The Labute approximate surface area is 179 Å². The van der Waals surface area contributed by atoms with Crippen molar-refractivity contribution in [2.45, 2.75) is 73.1 Å². The minimum absolute atomic E-state index is 0.0111. The van der Waals surface area contributed by atoms with E-state index in [-0.39, 0.29) is 6.61 Å². The number of carbonyl (C=O) groups is 1. The fraction of sp³-hybridized carbons (Fsp3) is 0.560. The molecular weight excluding hydrogens is 380 g/mol. The second-order valence-corrected chi connectivity index (χ2v) is 10.2. The van der Waals surface area contributed by atoms with Gasteiger partial charge in [-0.1, -0.05) is 32.9 Å². The van der Waals surface area contributed by atoms with Crippen molar-refractivity contribution in [2.75, 3.05) is 13.2 Å². The van der Waals surface area contributed by atoms with Crippen molar-refractivity contribution in [1.29, 1.82) is 0 Å². The molecule has 0 fully saturated rings. The van der Waals surface area contributed by atoms with Crippen molar-refractivity contribution in [1.82, 2.24) is 0 Å². The summed E-state index contributed by atoms with van der Waals surface area (Å²) >= 11 is 1.74. The molecule has 0 bridgehead atoms. The highest BCUT2D eigenvalue weighted by molar-refractivity contribution is 7.14. The molecule has 0 atom stereocenters. The third-order valence-electron chi connectivity index (χ3n) is 5.98. The van der Waals surface area contributed by atoms with Crippen molar-refractivity contribution in [3.8, 4) is 5.75 Å². The van der Waals surface area contributed by atoms with Crippen molar-refractivity contribution in [3.05, 3.63) is 49.7 Å². The Balaban J connectivity index is 1.74. The van der Waals surface area contributed by atoms with Crippen LogP contribution in [0.3, 0.4) is 0 Å². The summed E-state index contributed by atoms with van der Waals surface area (Å²) in [5, 5.41) is 8.99. The SMILES string of the molecule is CCc1sc(C(=O)CCc2cc(C)c(OCCO)c(C)c2)c2c1CC(C)(C)CC2. The number of thiophene rings is 1. The van der Waals surface area contributed by atoms with Crippen LogP contribution >= 0.6 is 11.3 Å². The van der Waals surface area contributed by atoms with Crippen LogP contribution in [-0.4, -0.2) is 24.1 Å². The average Bonchev–Trinajstić information content (AvgIpc) is 3.02. The van der Waals surface area contributed by atoms with E-state index in [1.807, 2.05) is 13.8 Å². The molecule has 2 aromatic rings. The predicted octanol–water partition coefficient (Wildman–Crippen LogP) is 5.63. The van der Waals surface area contributed by atoms with Crippen LogP contribution in [-0.2, 0) is 25.7 Å². The third-order valence-corrected chi connectivity index (χ3v) is 7.44. The Morgan fingerprint density at radius 2 is 1.90 bits per heavy atom. The first-order valence-electron chi connectivity index (χ1n) is 10.8. The zero-order chi connectivity index (χ0) is 21.2. The molecule has 1 aromatic heterocycles. The molecule has 158 valence electrons. The van der Waals surface area contributed by atoms with Crippen LogP contribution in [0, 0.1) is 19.3 Å². The fourth-order valence-electron chi connectivity index (χ4n) is 4.49. The Morgan fingerprint density at radius 3 is 2.52 bits per heavy atom. The number of Topliss-reactive ketones (excluding diaryl/α,β-unsaturated/α-hetero) is 1. The van der Waals surface area contributed by atoms with Gasteiger partial charge in [-0.2, -0.15) is 0 Å². The van der Waals surface area contributed by atoms with Crippen molar-refractivity contribution < 1.29 is 14.6 Å². The maximum absolute atomic E-state index is 13.1. The van der Waals surface area contributed by atoms with E-state index in [1.165, 1.54) is 21.6 Å². The molecule has 3 rings (SSSR count). The molecule has 0 saturated carbocycles. The van der Waals surface area contributed by atoms with Gasteiger partial charge in [0.15, 0.2) is 5.78 Å². The van der Waals surface area contributed by atoms with Crippen LogP contribution in [0.1, 0.15) is 76.0 Å². The largest absolute Gasteiger partial charge is 0.491 e. The van der Waals surface area contributed by atoms with Gasteiger partial charge in [0.25, 0.3) is 0 Å². The number of fused-ring (bicyclic) bond motifs is 1. The number of hydrogen-bond acceptors (Lipinski definition) is 4. The van der Waals surface area contributed by atoms with Crippen LogP contribution in [0.15, 0.2) is 12.1 Å². The van der Waals surface area contributed by atoms with E-state index in [2.05, 4.69) is 32.9 Å². The summed E-state index contributed by atoms with van der Waals surface area (Å²) in [7, 11) is 0. The molecule has 1 heterocycles. The van der Waals surface area contributed by atoms with E-state index in [0.717, 1.165) is 53.9 Å². The molecule has 0 saturated heterocycles. The number of aliphatic hydroxyl groups excluding tert-OH is 1. The number of benzene rings is 1. The number of aliphatic hydroxyl groups is 1. The van der Waals surface area contributed by atoms with Gasteiger partial charge in [-0.25, -0.2) is 0 Å². The van der Waals surface area contributed by atoms with Gasteiger partial charge in [0.05, 0.1) is 11.5 Å². The summed E-state index contributed by atoms with van der Waals surface area (Å²) in [6.45, 7) is 11.2. The van der Waals surface area contributed by atoms with Crippen LogP contribution < -0.4 is 4.74 Å². The smallest absolute Gasteiger partial charge is 0.173 e. The number of rotatable bonds is 8. The van der Waals surface area contributed by atoms with Gasteiger partial charge < -0.3 is 9.84 Å². The zero-order valence-electron chi connectivity index (χ0n) is 18.5. The predicted molar refractivity (Wildman–Crippen MR) is 121 cm³/mol. The molecule has 1 aliphatic carbocycles. The first-order chi connectivity index (χ1) is 13.8. The summed E-state index contributed by atoms with van der Waals surface area (Å²) in [4.78, 5) is 15.5. The van der Waals surface area contributed by atoms with Crippen LogP contribution in [0.5, 0.6) is 5.75 Å². The van der Waals surface area contributed by atoms with E-state index in [4.69, 9.17) is 9.84 Å². The third kappa shape index (κ3) is 4.92. The first-order valence-corrected chi connectivity index (χ1v) is 11.6. The Hall–Kier alpha value is -1.65. The molecule has 0 unspecified atom stereocenters. The van der Waals surface area contributed by atoms with E-state index < -0.39 is 0 Å². The molecule has 1 aromatic carbocycles. The molecule has 1 aliphatic rings. The normalized spacial score (nSPS) is 15.2. The number of carbonyl (C=O) groups excluding carboxylic acids is 1. The highest BCUT2D eigenvalue weighted by Crippen LogP contribution is 2.42. The number of ketones is 1. The minimum atomic E-state index is 0.0111. The topological polar surface area (TPSA) is 46.5 Å².